The summed E-state index contributed by atoms with van der Waals surface area (Å²) in [7, 11) is 1.61. The molecular formula is C25H23N3O2. The first-order valence-electron chi connectivity index (χ1n) is 9.58. The van der Waals surface area contributed by atoms with Gasteiger partial charge in [0.1, 0.15) is 17.4 Å². The summed E-state index contributed by atoms with van der Waals surface area (Å²) in [5.41, 5.74) is 2.94. The fourth-order valence-corrected chi connectivity index (χ4v) is 2.93. The van der Waals surface area contributed by atoms with E-state index in [2.05, 4.69) is 5.32 Å². The van der Waals surface area contributed by atoms with Crippen LogP contribution < -0.4 is 15.0 Å². The molecule has 0 saturated heterocycles. The molecule has 0 bridgehead atoms. The second kappa shape index (κ2) is 10.5. The van der Waals surface area contributed by atoms with Gasteiger partial charge in [-0.2, -0.15) is 5.26 Å². The van der Waals surface area contributed by atoms with Gasteiger partial charge in [0, 0.05) is 25.0 Å². The third kappa shape index (κ3) is 5.73. The number of anilines is 1. The Hall–Kier alpha value is -4.04. The van der Waals surface area contributed by atoms with Gasteiger partial charge < -0.3 is 15.0 Å². The minimum atomic E-state index is -0.415. The van der Waals surface area contributed by atoms with Crippen LogP contribution in [0.2, 0.25) is 0 Å². The second-order valence-corrected chi connectivity index (χ2v) is 6.63. The van der Waals surface area contributed by atoms with Gasteiger partial charge in [-0.05, 0) is 35.4 Å². The number of methoxy groups -OCH3 is 1. The first-order chi connectivity index (χ1) is 14.7. The van der Waals surface area contributed by atoms with E-state index < -0.39 is 5.91 Å². The molecule has 5 nitrogen and oxygen atoms in total. The first kappa shape index (κ1) is 20.7. The van der Waals surface area contributed by atoms with E-state index in [1.165, 1.54) is 0 Å². The molecule has 0 atom stereocenters. The summed E-state index contributed by atoms with van der Waals surface area (Å²) in [5.74, 6) is 0.337. The van der Waals surface area contributed by atoms with Crippen molar-refractivity contribution < 1.29 is 9.53 Å². The molecule has 0 saturated carbocycles. The van der Waals surface area contributed by atoms with Crippen molar-refractivity contribution in [2.75, 3.05) is 12.0 Å². The van der Waals surface area contributed by atoms with E-state index in [1.54, 1.807) is 13.3 Å². The molecule has 1 N–H and O–H groups in total. The second-order valence-electron chi connectivity index (χ2n) is 6.63. The maximum absolute atomic E-state index is 12.6. The Morgan fingerprint density at radius 2 is 1.60 bits per heavy atom. The fourth-order valence-electron chi connectivity index (χ4n) is 2.93. The smallest absolute Gasteiger partial charge is 0.263 e. The van der Waals surface area contributed by atoms with Crippen molar-refractivity contribution in [3.8, 4) is 11.8 Å². The zero-order chi connectivity index (χ0) is 21.2. The Morgan fingerprint density at radius 1 is 0.967 bits per heavy atom. The molecule has 0 aliphatic heterocycles. The molecule has 3 rings (SSSR count). The van der Waals surface area contributed by atoms with E-state index >= 15 is 0 Å². The Labute approximate surface area is 176 Å². The molecule has 0 unspecified atom stereocenters. The molecule has 0 radical (unpaired) electrons. The summed E-state index contributed by atoms with van der Waals surface area (Å²) in [6.45, 7) is 0.869. The van der Waals surface area contributed by atoms with E-state index in [1.807, 2.05) is 95.9 Å². The largest absolute Gasteiger partial charge is 0.497 e. The number of nitrogens with zero attached hydrogens (tertiary/aromatic N) is 2. The highest BCUT2D eigenvalue weighted by Gasteiger charge is 2.13. The monoisotopic (exact) mass is 397 g/mol. The number of carbonyl (C=O) groups is 1. The number of amides is 1. The van der Waals surface area contributed by atoms with Gasteiger partial charge in [-0.3, -0.25) is 4.79 Å². The maximum atomic E-state index is 12.6. The summed E-state index contributed by atoms with van der Waals surface area (Å²) >= 11 is 0. The van der Waals surface area contributed by atoms with E-state index in [0.29, 0.717) is 13.1 Å². The van der Waals surface area contributed by atoms with Gasteiger partial charge >= 0.3 is 0 Å². The van der Waals surface area contributed by atoms with Crippen molar-refractivity contribution in [3.05, 3.63) is 108 Å². The van der Waals surface area contributed by atoms with Crippen LogP contribution in [0, 0.1) is 11.3 Å². The number of hydrogen-bond donors (Lipinski definition) is 1. The Bertz CT molecular complexity index is 1020. The highest BCUT2D eigenvalue weighted by molar-refractivity contribution is 5.97. The lowest BCUT2D eigenvalue weighted by molar-refractivity contribution is -0.117. The van der Waals surface area contributed by atoms with Crippen LogP contribution in [0.4, 0.5) is 5.69 Å². The number of nitrogens with one attached hydrogen (secondary N) is 1. The minimum Gasteiger partial charge on any atom is -0.497 e. The third-order valence-electron chi connectivity index (χ3n) is 4.55. The molecule has 3 aromatic rings. The van der Waals surface area contributed by atoms with Crippen LogP contribution >= 0.6 is 0 Å². The van der Waals surface area contributed by atoms with Crippen molar-refractivity contribution >= 4 is 11.6 Å². The van der Waals surface area contributed by atoms with E-state index in [0.717, 1.165) is 22.6 Å². The average molecular weight is 397 g/mol. The van der Waals surface area contributed by atoms with Gasteiger partial charge in [-0.15, -0.1) is 0 Å². The van der Waals surface area contributed by atoms with Crippen molar-refractivity contribution in [1.82, 2.24) is 5.32 Å². The highest BCUT2D eigenvalue weighted by Crippen LogP contribution is 2.19. The molecular weight excluding hydrogens is 374 g/mol. The van der Waals surface area contributed by atoms with Crippen molar-refractivity contribution in [3.63, 3.8) is 0 Å². The molecule has 150 valence electrons. The van der Waals surface area contributed by atoms with E-state index in [9.17, 15) is 10.1 Å². The van der Waals surface area contributed by atoms with Gasteiger partial charge in [-0.1, -0.05) is 60.7 Å². The summed E-state index contributed by atoms with van der Waals surface area (Å²) in [6.07, 6.45) is 1.60. The Morgan fingerprint density at radius 3 is 2.20 bits per heavy atom. The molecule has 5 heteroatoms. The van der Waals surface area contributed by atoms with Crippen LogP contribution in [0.15, 0.2) is 96.7 Å². The standard InChI is InChI=1S/C25H23N3O2/c1-30-24-14-12-20(13-15-24)17-27-25(29)22(16-26)19-28(23-10-6-3-7-11-23)18-21-8-4-2-5-9-21/h2-15,19H,17-18H2,1H3,(H,27,29)/b22-19-. The summed E-state index contributed by atoms with van der Waals surface area (Å²) in [4.78, 5) is 14.5. The number of nitriles is 1. The zero-order valence-electron chi connectivity index (χ0n) is 16.8. The van der Waals surface area contributed by atoms with Crippen LogP contribution in [0.3, 0.4) is 0 Å². The number of carbonyl (C=O) groups excluding carboxylic acids is 1. The number of ether oxygens (including phenoxy) is 1. The molecule has 0 aliphatic rings. The van der Waals surface area contributed by atoms with Crippen LogP contribution in [-0.4, -0.2) is 13.0 Å². The lowest BCUT2D eigenvalue weighted by Gasteiger charge is -2.21. The molecule has 3 aromatic carbocycles. The lowest BCUT2D eigenvalue weighted by atomic mass is 10.2. The maximum Gasteiger partial charge on any atom is 0.263 e. The highest BCUT2D eigenvalue weighted by atomic mass is 16.5. The molecule has 0 aliphatic carbocycles. The molecule has 0 aromatic heterocycles. The number of rotatable bonds is 8. The summed E-state index contributed by atoms with van der Waals surface area (Å²) < 4.78 is 5.14. The topological polar surface area (TPSA) is 65.4 Å². The fraction of sp³-hybridized carbons (Fsp3) is 0.120. The SMILES string of the molecule is COc1ccc(CNC(=O)/C(C#N)=C\N(Cc2ccccc2)c2ccccc2)cc1. The lowest BCUT2D eigenvalue weighted by Crippen LogP contribution is -2.26. The first-order valence-corrected chi connectivity index (χ1v) is 9.58. The van der Waals surface area contributed by atoms with Crippen molar-refractivity contribution in [1.29, 1.82) is 5.26 Å². The van der Waals surface area contributed by atoms with E-state index in [4.69, 9.17) is 4.74 Å². The van der Waals surface area contributed by atoms with Gasteiger partial charge in [0.25, 0.3) is 5.91 Å². The van der Waals surface area contributed by atoms with Crippen LogP contribution in [0.5, 0.6) is 5.75 Å². The van der Waals surface area contributed by atoms with Gasteiger partial charge in [0.15, 0.2) is 0 Å². The Kier molecular flexibility index (Phi) is 7.23. The van der Waals surface area contributed by atoms with Gasteiger partial charge in [0.2, 0.25) is 0 Å². The van der Waals surface area contributed by atoms with Crippen LogP contribution in [-0.2, 0) is 17.9 Å². The predicted molar refractivity (Wildman–Crippen MR) is 118 cm³/mol. The number of para-hydroxylation sites is 1. The predicted octanol–water partition coefficient (Wildman–Crippen LogP) is 4.43. The molecule has 0 spiro atoms. The van der Waals surface area contributed by atoms with Crippen molar-refractivity contribution in [2.24, 2.45) is 0 Å². The van der Waals surface area contributed by atoms with Crippen LogP contribution in [0.1, 0.15) is 11.1 Å². The molecule has 1 amide bonds. The van der Waals surface area contributed by atoms with Crippen molar-refractivity contribution in [2.45, 2.75) is 13.1 Å². The van der Waals surface area contributed by atoms with Gasteiger partial charge in [0.05, 0.1) is 7.11 Å². The number of hydrogen-bond acceptors (Lipinski definition) is 4. The zero-order valence-corrected chi connectivity index (χ0v) is 16.8. The molecule has 0 heterocycles. The Balaban J connectivity index is 1.76. The van der Waals surface area contributed by atoms with Gasteiger partial charge in [-0.25, -0.2) is 0 Å². The number of benzene rings is 3. The average Bonchev–Trinajstić information content (AvgIpc) is 2.81. The summed E-state index contributed by atoms with van der Waals surface area (Å²) in [5, 5.41) is 12.4. The normalized spacial score (nSPS) is 10.7. The third-order valence-corrected chi connectivity index (χ3v) is 4.55. The minimum absolute atomic E-state index is 0.0447. The summed E-state index contributed by atoms with van der Waals surface area (Å²) in [6, 6.07) is 29.0. The quantitative estimate of drug-likeness (QED) is 0.451. The molecule has 0 fully saturated rings. The van der Waals surface area contributed by atoms with Crippen LogP contribution in [0.25, 0.3) is 0 Å². The molecule has 30 heavy (non-hydrogen) atoms. The van der Waals surface area contributed by atoms with E-state index in [-0.39, 0.29) is 5.57 Å².